The molecule has 1 fully saturated rings. The van der Waals surface area contributed by atoms with Crippen molar-refractivity contribution in [1.29, 1.82) is 0 Å². The molecule has 0 bridgehead atoms. The maximum atomic E-state index is 5.84. The maximum absolute atomic E-state index is 5.84. The van der Waals surface area contributed by atoms with E-state index >= 15 is 0 Å². The largest absolute Gasteiger partial charge is 0.494 e. The topological polar surface area (TPSA) is 24.5 Å². The van der Waals surface area contributed by atoms with E-state index < -0.39 is 0 Å². The van der Waals surface area contributed by atoms with Gasteiger partial charge in [-0.1, -0.05) is 6.07 Å². The van der Waals surface area contributed by atoms with Gasteiger partial charge in [-0.05, 0) is 62.9 Å². The van der Waals surface area contributed by atoms with Gasteiger partial charge in [-0.2, -0.15) is 0 Å². The van der Waals surface area contributed by atoms with Gasteiger partial charge in [0.2, 0.25) is 0 Å². The molecule has 20 heavy (non-hydrogen) atoms. The van der Waals surface area contributed by atoms with Gasteiger partial charge in [0.05, 0.1) is 6.61 Å². The van der Waals surface area contributed by atoms with E-state index in [4.69, 9.17) is 4.74 Å². The Bertz CT molecular complexity index is 380. The average molecular weight is 276 g/mol. The van der Waals surface area contributed by atoms with Crippen LogP contribution in [0.3, 0.4) is 0 Å². The van der Waals surface area contributed by atoms with Crippen molar-refractivity contribution < 1.29 is 4.74 Å². The molecule has 1 heterocycles. The molecule has 2 rings (SSSR count). The Hall–Kier alpha value is -1.06. The quantitative estimate of drug-likeness (QED) is 0.775. The van der Waals surface area contributed by atoms with Crippen LogP contribution in [0.25, 0.3) is 0 Å². The van der Waals surface area contributed by atoms with Crippen LogP contribution in [0.2, 0.25) is 0 Å². The van der Waals surface area contributed by atoms with Crippen molar-refractivity contribution >= 4 is 0 Å². The Morgan fingerprint density at radius 2 is 1.70 bits per heavy atom. The summed E-state index contributed by atoms with van der Waals surface area (Å²) in [6.07, 6.45) is 3.70. The van der Waals surface area contributed by atoms with Crippen LogP contribution in [-0.4, -0.2) is 44.2 Å². The maximum Gasteiger partial charge on any atom is 0.119 e. The molecule has 1 N–H and O–H groups in total. The molecule has 3 heteroatoms. The van der Waals surface area contributed by atoms with Gasteiger partial charge < -0.3 is 15.0 Å². The molecule has 1 aliphatic heterocycles. The van der Waals surface area contributed by atoms with Crippen LogP contribution < -0.4 is 10.1 Å². The zero-order valence-corrected chi connectivity index (χ0v) is 13.0. The second-order valence-electron chi connectivity index (χ2n) is 5.82. The third-order valence-corrected chi connectivity index (χ3v) is 3.79. The fourth-order valence-electron chi connectivity index (χ4n) is 2.76. The van der Waals surface area contributed by atoms with Gasteiger partial charge in [0.25, 0.3) is 0 Å². The molecule has 0 saturated carbocycles. The van der Waals surface area contributed by atoms with E-state index in [-0.39, 0.29) is 0 Å². The number of piperazine rings is 1. The third-order valence-electron chi connectivity index (χ3n) is 3.79. The molecular weight excluding hydrogens is 248 g/mol. The first-order valence-corrected chi connectivity index (χ1v) is 7.88. The Kier molecular flexibility index (Phi) is 6.34. The van der Waals surface area contributed by atoms with E-state index in [1.807, 2.05) is 0 Å². The molecule has 112 valence electrons. The minimum atomic E-state index is 0.838. The lowest BCUT2D eigenvalue weighted by molar-refractivity contribution is 0.232. The number of benzene rings is 1. The molecule has 1 saturated heterocycles. The molecule has 0 unspecified atom stereocenters. The zero-order valence-electron chi connectivity index (χ0n) is 13.0. The highest BCUT2D eigenvalue weighted by Crippen LogP contribution is 2.16. The standard InChI is InChI=1S/C17H28N2O/c1-15-12-16(2)14-17(13-15)20-11-5-3-4-8-19-9-6-18-7-10-19/h12-14,18H,3-11H2,1-2H3. The second kappa shape index (κ2) is 8.28. The number of ether oxygens (including phenoxy) is 1. The fraction of sp³-hybridized carbons (Fsp3) is 0.647. The smallest absolute Gasteiger partial charge is 0.119 e. The van der Waals surface area contributed by atoms with Gasteiger partial charge in [-0.15, -0.1) is 0 Å². The molecule has 0 radical (unpaired) electrons. The molecule has 0 atom stereocenters. The molecule has 3 nitrogen and oxygen atoms in total. The Morgan fingerprint density at radius 3 is 2.40 bits per heavy atom. The highest BCUT2D eigenvalue weighted by atomic mass is 16.5. The summed E-state index contributed by atoms with van der Waals surface area (Å²) in [6.45, 7) is 11.0. The third kappa shape index (κ3) is 5.51. The lowest BCUT2D eigenvalue weighted by Crippen LogP contribution is -2.43. The molecule has 0 spiro atoms. The van der Waals surface area contributed by atoms with Crippen molar-refractivity contribution in [3.63, 3.8) is 0 Å². The van der Waals surface area contributed by atoms with E-state index in [2.05, 4.69) is 42.3 Å². The van der Waals surface area contributed by atoms with Crippen LogP contribution >= 0.6 is 0 Å². The summed E-state index contributed by atoms with van der Waals surface area (Å²) in [6, 6.07) is 6.42. The molecule has 0 aromatic heterocycles. The number of nitrogens with zero attached hydrogens (tertiary/aromatic N) is 1. The molecule has 0 aliphatic carbocycles. The SMILES string of the molecule is Cc1cc(C)cc(OCCCCCN2CCNCC2)c1. The summed E-state index contributed by atoms with van der Waals surface area (Å²) in [5.41, 5.74) is 2.55. The summed E-state index contributed by atoms with van der Waals surface area (Å²) < 4.78 is 5.84. The first-order valence-electron chi connectivity index (χ1n) is 7.88. The second-order valence-corrected chi connectivity index (χ2v) is 5.82. The minimum Gasteiger partial charge on any atom is -0.494 e. The van der Waals surface area contributed by atoms with Gasteiger partial charge in [-0.3, -0.25) is 0 Å². The van der Waals surface area contributed by atoms with E-state index in [0.717, 1.165) is 31.9 Å². The predicted molar refractivity (Wildman–Crippen MR) is 84.6 cm³/mol. The highest BCUT2D eigenvalue weighted by molar-refractivity contribution is 5.32. The number of rotatable bonds is 7. The molecular formula is C17H28N2O. The van der Waals surface area contributed by atoms with E-state index in [9.17, 15) is 0 Å². The normalized spacial score (nSPS) is 16.3. The predicted octanol–water partition coefficient (Wildman–Crippen LogP) is 2.76. The number of nitrogens with one attached hydrogen (secondary N) is 1. The van der Waals surface area contributed by atoms with E-state index in [1.165, 1.54) is 43.6 Å². The van der Waals surface area contributed by atoms with Crippen molar-refractivity contribution in [2.45, 2.75) is 33.1 Å². The fourth-order valence-corrected chi connectivity index (χ4v) is 2.76. The van der Waals surface area contributed by atoms with Crippen molar-refractivity contribution in [2.24, 2.45) is 0 Å². The lowest BCUT2D eigenvalue weighted by atomic mass is 10.1. The highest BCUT2D eigenvalue weighted by Gasteiger charge is 2.08. The van der Waals surface area contributed by atoms with Gasteiger partial charge in [0, 0.05) is 26.2 Å². The van der Waals surface area contributed by atoms with Gasteiger partial charge in [0.1, 0.15) is 5.75 Å². The molecule has 0 amide bonds. The van der Waals surface area contributed by atoms with Gasteiger partial charge >= 0.3 is 0 Å². The summed E-state index contributed by atoms with van der Waals surface area (Å²) in [7, 11) is 0. The lowest BCUT2D eigenvalue weighted by Gasteiger charge is -2.27. The van der Waals surface area contributed by atoms with Gasteiger partial charge in [-0.25, -0.2) is 0 Å². The number of hydrogen-bond acceptors (Lipinski definition) is 3. The summed E-state index contributed by atoms with van der Waals surface area (Å²) in [5.74, 6) is 1.02. The first kappa shape index (κ1) is 15.3. The first-order chi connectivity index (χ1) is 9.74. The summed E-state index contributed by atoms with van der Waals surface area (Å²) in [5, 5.41) is 3.39. The van der Waals surface area contributed by atoms with Crippen molar-refractivity contribution in [3.05, 3.63) is 29.3 Å². The number of unbranched alkanes of at least 4 members (excludes halogenated alkanes) is 2. The minimum absolute atomic E-state index is 0.838. The number of hydrogen-bond donors (Lipinski definition) is 1. The summed E-state index contributed by atoms with van der Waals surface area (Å²) >= 11 is 0. The van der Waals surface area contributed by atoms with Crippen molar-refractivity contribution in [2.75, 3.05) is 39.3 Å². The van der Waals surface area contributed by atoms with E-state index in [0.29, 0.717) is 0 Å². The Balaban J connectivity index is 1.54. The zero-order chi connectivity index (χ0) is 14.2. The van der Waals surface area contributed by atoms with Crippen LogP contribution in [0.4, 0.5) is 0 Å². The molecule has 1 aromatic carbocycles. The van der Waals surface area contributed by atoms with Crippen LogP contribution in [0.15, 0.2) is 18.2 Å². The Morgan fingerprint density at radius 1 is 1.00 bits per heavy atom. The van der Waals surface area contributed by atoms with E-state index in [1.54, 1.807) is 0 Å². The van der Waals surface area contributed by atoms with Crippen LogP contribution in [0.5, 0.6) is 5.75 Å². The molecule has 1 aromatic rings. The average Bonchev–Trinajstić information content (AvgIpc) is 2.43. The molecule has 1 aliphatic rings. The monoisotopic (exact) mass is 276 g/mol. The van der Waals surface area contributed by atoms with Crippen molar-refractivity contribution in [1.82, 2.24) is 10.2 Å². The number of aryl methyl sites for hydroxylation is 2. The van der Waals surface area contributed by atoms with Crippen LogP contribution in [0.1, 0.15) is 30.4 Å². The van der Waals surface area contributed by atoms with Crippen LogP contribution in [0, 0.1) is 13.8 Å². The summed E-state index contributed by atoms with van der Waals surface area (Å²) in [4.78, 5) is 2.56. The van der Waals surface area contributed by atoms with Crippen molar-refractivity contribution in [3.8, 4) is 5.75 Å². The Labute approximate surface area is 123 Å². The van der Waals surface area contributed by atoms with Gasteiger partial charge in [0.15, 0.2) is 0 Å². The van der Waals surface area contributed by atoms with Crippen LogP contribution in [-0.2, 0) is 0 Å².